The zero-order valence-corrected chi connectivity index (χ0v) is 12.5. The number of likely N-dealkylation sites (tertiary alicyclic amines) is 1. The topological polar surface area (TPSA) is 49.8 Å². The number of aliphatic hydroxyl groups is 1. The molecule has 1 fully saturated rings. The maximum atomic E-state index is 12.4. The summed E-state index contributed by atoms with van der Waals surface area (Å²) >= 11 is 0. The van der Waals surface area contributed by atoms with Crippen molar-refractivity contribution in [1.29, 1.82) is 0 Å². The van der Waals surface area contributed by atoms with E-state index in [0.29, 0.717) is 6.42 Å². The normalized spacial score (nSPS) is 19.0. The molecule has 1 N–H and O–H groups in total. The van der Waals surface area contributed by atoms with Crippen LogP contribution in [0, 0.1) is 0 Å². The van der Waals surface area contributed by atoms with Crippen molar-refractivity contribution in [1.82, 2.24) is 4.90 Å². The molecule has 0 radical (unpaired) electrons. The third-order valence-corrected chi connectivity index (χ3v) is 3.92. The minimum Gasteiger partial charge on any atom is -0.496 e. The van der Waals surface area contributed by atoms with E-state index in [1.165, 1.54) is 0 Å². The quantitative estimate of drug-likeness (QED) is 0.847. The Morgan fingerprint density at radius 3 is 3.00 bits per heavy atom. The van der Waals surface area contributed by atoms with Gasteiger partial charge in [-0.2, -0.15) is 0 Å². The number of ether oxygens (including phenoxy) is 1. The Bertz CT molecular complexity index is 497. The summed E-state index contributed by atoms with van der Waals surface area (Å²) in [7, 11) is 1.62. The van der Waals surface area contributed by atoms with Crippen molar-refractivity contribution in [3.05, 3.63) is 35.9 Å². The number of para-hydroxylation sites is 1. The first-order chi connectivity index (χ1) is 10.3. The molecule has 1 amide bonds. The van der Waals surface area contributed by atoms with E-state index in [1.54, 1.807) is 19.3 Å². The van der Waals surface area contributed by atoms with Gasteiger partial charge in [-0.05, 0) is 37.8 Å². The van der Waals surface area contributed by atoms with Gasteiger partial charge in [-0.15, -0.1) is 0 Å². The Labute approximate surface area is 126 Å². The molecule has 0 spiro atoms. The number of nitrogens with zero attached hydrogens (tertiary/aromatic N) is 1. The van der Waals surface area contributed by atoms with Crippen molar-refractivity contribution in [2.24, 2.45) is 0 Å². The smallest absolute Gasteiger partial charge is 0.246 e. The number of amides is 1. The van der Waals surface area contributed by atoms with E-state index < -0.39 is 0 Å². The summed E-state index contributed by atoms with van der Waals surface area (Å²) in [5, 5.41) is 9.12. The van der Waals surface area contributed by atoms with E-state index in [1.807, 2.05) is 29.2 Å². The maximum absolute atomic E-state index is 12.4. The SMILES string of the molecule is COc1ccccc1/C=C/C(=O)N1CCCCC1CCO. The van der Waals surface area contributed by atoms with Gasteiger partial charge in [0, 0.05) is 30.8 Å². The van der Waals surface area contributed by atoms with Gasteiger partial charge in [0.25, 0.3) is 0 Å². The molecular weight excluding hydrogens is 266 g/mol. The fourth-order valence-corrected chi connectivity index (χ4v) is 2.80. The van der Waals surface area contributed by atoms with Crippen LogP contribution in [0.5, 0.6) is 5.75 Å². The lowest BCUT2D eigenvalue weighted by atomic mass is 9.99. The Kier molecular flexibility index (Phi) is 5.81. The molecule has 0 saturated carbocycles. The van der Waals surface area contributed by atoms with E-state index in [-0.39, 0.29) is 18.6 Å². The maximum Gasteiger partial charge on any atom is 0.246 e. The monoisotopic (exact) mass is 289 g/mol. The molecule has 0 aromatic heterocycles. The van der Waals surface area contributed by atoms with Crippen LogP contribution in [0.1, 0.15) is 31.2 Å². The number of rotatable bonds is 5. The lowest BCUT2D eigenvalue weighted by molar-refractivity contribution is -0.129. The third kappa shape index (κ3) is 4.08. The second-order valence-corrected chi connectivity index (χ2v) is 5.27. The molecule has 21 heavy (non-hydrogen) atoms. The van der Waals surface area contributed by atoms with Crippen molar-refractivity contribution in [3.63, 3.8) is 0 Å². The minimum atomic E-state index is 0.0130. The van der Waals surface area contributed by atoms with Crippen molar-refractivity contribution in [2.75, 3.05) is 20.3 Å². The molecule has 114 valence electrons. The summed E-state index contributed by atoms with van der Waals surface area (Å²) in [4.78, 5) is 14.3. The first kappa shape index (κ1) is 15.6. The van der Waals surface area contributed by atoms with E-state index in [0.717, 1.165) is 37.1 Å². The van der Waals surface area contributed by atoms with Gasteiger partial charge >= 0.3 is 0 Å². The molecule has 0 aliphatic carbocycles. The Balaban J connectivity index is 2.07. The number of carbonyl (C=O) groups is 1. The highest BCUT2D eigenvalue weighted by Gasteiger charge is 2.24. The average molecular weight is 289 g/mol. The van der Waals surface area contributed by atoms with Gasteiger partial charge in [0.05, 0.1) is 7.11 Å². The molecule has 2 rings (SSSR count). The van der Waals surface area contributed by atoms with Crippen LogP contribution in [0.3, 0.4) is 0 Å². The van der Waals surface area contributed by atoms with Crippen molar-refractivity contribution < 1.29 is 14.6 Å². The van der Waals surface area contributed by atoms with Crippen LogP contribution in [0.15, 0.2) is 30.3 Å². The van der Waals surface area contributed by atoms with Gasteiger partial charge in [0.1, 0.15) is 5.75 Å². The van der Waals surface area contributed by atoms with Crippen LogP contribution >= 0.6 is 0 Å². The predicted molar refractivity (Wildman–Crippen MR) is 83.1 cm³/mol. The van der Waals surface area contributed by atoms with Crippen LogP contribution in [-0.4, -0.2) is 42.2 Å². The zero-order chi connectivity index (χ0) is 15.1. The van der Waals surface area contributed by atoms with Crippen molar-refractivity contribution in [2.45, 2.75) is 31.7 Å². The standard InChI is InChI=1S/C17H23NO3/c1-21-16-8-3-2-6-14(16)9-10-17(20)18-12-5-4-7-15(18)11-13-19/h2-3,6,8-10,15,19H,4-5,7,11-13H2,1H3/b10-9+. The zero-order valence-electron chi connectivity index (χ0n) is 12.5. The highest BCUT2D eigenvalue weighted by Crippen LogP contribution is 2.22. The average Bonchev–Trinajstić information content (AvgIpc) is 2.53. The highest BCUT2D eigenvalue weighted by molar-refractivity contribution is 5.92. The third-order valence-electron chi connectivity index (χ3n) is 3.92. The number of piperidine rings is 1. The Hall–Kier alpha value is -1.81. The number of methoxy groups -OCH3 is 1. The fourth-order valence-electron chi connectivity index (χ4n) is 2.80. The molecule has 1 saturated heterocycles. The van der Waals surface area contributed by atoms with Crippen LogP contribution in [0.25, 0.3) is 6.08 Å². The molecule has 1 atom stereocenters. The molecular formula is C17H23NO3. The highest BCUT2D eigenvalue weighted by atomic mass is 16.5. The van der Waals surface area contributed by atoms with Gasteiger partial charge in [0.15, 0.2) is 0 Å². The van der Waals surface area contributed by atoms with Crippen molar-refractivity contribution in [3.8, 4) is 5.75 Å². The Morgan fingerprint density at radius 1 is 1.43 bits per heavy atom. The summed E-state index contributed by atoms with van der Waals surface area (Å²) < 4.78 is 5.27. The largest absolute Gasteiger partial charge is 0.496 e. The molecule has 1 aliphatic heterocycles. The summed E-state index contributed by atoms with van der Waals surface area (Å²) in [6, 6.07) is 7.78. The second kappa shape index (κ2) is 7.84. The number of benzene rings is 1. The predicted octanol–water partition coefficient (Wildman–Crippen LogP) is 2.47. The van der Waals surface area contributed by atoms with E-state index in [4.69, 9.17) is 9.84 Å². The summed E-state index contributed by atoms with van der Waals surface area (Å²) in [5.74, 6) is 0.770. The number of carbonyl (C=O) groups excluding carboxylic acids is 1. The lowest BCUT2D eigenvalue weighted by Crippen LogP contribution is -2.43. The van der Waals surface area contributed by atoms with Gasteiger partial charge in [0.2, 0.25) is 5.91 Å². The first-order valence-electron chi connectivity index (χ1n) is 7.49. The number of hydrogen-bond acceptors (Lipinski definition) is 3. The first-order valence-corrected chi connectivity index (χ1v) is 7.49. The van der Waals surface area contributed by atoms with E-state index >= 15 is 0 Å². The molecule has 4 heteroatoms. The molecule has 0 bridgehead atoms. The number of aliphatic hydroxyl groups excluding tert-OH is 1. The van der Waals surface area contributed by atoms with Gasteiger partial charge < -0.3 is 14.7 Å². The van der Waals surface area contributed by atoms with Crippen molar-refractivity contribution >= 4 is 12.0 Å². The Morgan fingerprint density at radius 2 is 2.24 bits per heavy atom. The van der Waals surface area contributed by atoms with E-state index in [9.17, 15) is 4.79 Å². The van der Waals surface area contributed by atoms with Gasteiger partial charge in [-0.1, -0.05) is 18.2 Å². The number of hydrogen-bond donors (Lipinski definition) is 1. The fraction of sp³-hybridized carbons (Fsp3) is 0.471. The minimum absolute atomic E-state index is 0.0130. The van der Waals surface area contributed by atoms with Crippen LogP contribution in [-0.2, 0) is 4.79 Å². The summed E-state index contributed by atoms with van der Waals surface area (Å²) in [5.41, 5.74) is 0.893. The lowest BCUT2D eigenvalue weighted by Gasteiger charge is -2.34. The molecule has 1 heterocycles. The van der Waals surface area contributed by atoms with E-state index in [2.05, 4.69) is 0 Å². The molecule has 4 nitrogen and oxygen atoms in total. The second-order valence-electron chi connectivity index (χ2n) is 5.27. The van der Waals surface area contributed by atoms with Crippen LogP contribution < -0.4 is 4.74 Å². The summed E-state index contributed by atoms with van der Waals surface area (Å²) in [6.07, 6.45) is 7.21. The molecule has 1 aromatic rings. The van der Waals surface area contributed by atoms with Gasteiger partial charge in [-0.25, -0.2) is 0 Å². The van der Waals surface area contributed by atoms with Gasteiger partial charge in [-0.3, -0.25) is 4.79 Å². The summed E-state index contributed by atoms with van der Waals surface area (Å²) in [6.45, 7) is 0.907. The molecule has 1 unspecified atom stereocenters. The molecule has 1 aliphatic rings. The van der Waals surface area contributed by atoms with Crippen LogP contribution in [0.2, 0.25) is 0 Å². The molecule has 1 aromatic carbocycles. The van der Waals surface area contributed by atoms with Crippen LogP contribution in [0.4, 0.5) is 0 Å².